The van der Waals surface area contributed by atoms with Crippen LogP contribution in [-0.2, 0) is 28.6 Å². The lowest BCUT2D eigenvalue weighted by atomic mass is 10.1. The van der Waals surface area contributed by atoms with Crippen molar-refractivity contribution in [2.75, 3.05) is 13.2 Å². The van der Waals surface area contributed by atoms with Crippen LogP contribution in [-0.4, -0.2) is 37.2 Å². The predicted octanol–water partition coefficient (Wildman–Crippen LogP) is 16.6. The van der Waals surface area contributed by atoms with E-state index in [1.807, 2.05) is 0 Å². The van der Waals surface area contributed by atoms with E-state index in [9.17, 15) is 14.4 Å². The third-order valence-electron chi connectivity index (χ3n) is 10.7. The number of rotatable bonds is 45. The maximum absolute atomic E-state index is 12.8. The second kappa shape index (κ2) is 49.5. The third-order valence-corrected chi connectivity index (χ3v) is 10.7. The minimum Gasteiger partial charge on any atom is -0.462 e. The number of carbonyl (C=O) groups is 3. The molecule has 1 atom stereocenters. The fourth-order valence-electron chi connectivity index (χ4n) is 6.88. The Morgan fingerprint density at radius 3 is 1.08 bits per heavy atom. The lowest BCUT2D eigenvalue weighted by molar-refractivity contribution is -0.167. The van der Waals surface area contributed by atoms with E-state index in [2.05, 4.69) is 93.7 Å². The fourth-order valence-corrected chi connectivity index (χ4v) is 6.88. The minimum atomic E-state index is -0.803. The number of hydrogen-bond acceptors (Lipinski definition) is 6. The molecule has 0 radical (unpaired) electrons. The third kappa shape index (κ3) is 47.7. The van der Waals surface area contributed by atoms with Crippen LogP contribution in [0.4, 0.5) is 0 Å². The molecule has 61 heavy (non-hydrogen) atoms. The van der Waals surface area contributed by atoms with Crippen molar-refractivity contribution < 1.29 is 28.6 Å². The number of ether oxygens (including phenoxy) is 3. The van der Waals surface area contributed by atoms with Gasteiger partial charge in [0.2, 0.25) is 0 Å². The molecule has 6 heteroatoms. The first-order chi connectivity index (χ1) is 30.0. The summed E-state index contributed by atoms with van der Waals surface area (Å²) in [6.45, 7) is 6.45. The Labute approximate surface area is 376 Å². The molecule has 0 amide bonds. The van der Waals surface area contributed by atoms with Gasteiger partial charge in [0.25, 0.3) is 0 Å². The standard InChI is InChI=1S/C55H94O6/c1-4-7-10-13-16-19-22-24-26-27-29-31-34-37-40-43-46-49-55(58)61-52(50-59-53(56)47-44-41-38-35-32-21-18-15-12-9-6-3)51-60-54(57)48-45-42-39-36-33-30-28-25-23-20-17-14-11-8-5-2/h7,10,16,19-20,23-24,26,29,31,37,40,52H,4-6,8-9,11-15,17-18,21-22,25,27-28,30,32-36,38-39,41-51H2,1-3H3/b10-7-,19-16-,23-20-,26-24-,31-29-,40-37-/t52-/m0/s1. The van der Waals surface area contributed by atoms with Crippen LogP contribution < -0.4 is 0 Å². The highest BCUT2D eigenvalue weighted by Gasteiger charge is 2.19. The van der Waals surface area contributed by atoms with Gasteiger partial charge in [-0.1, -0.05) is 209 Å². The number of unbranched alkanes of at least 4 members (excludes halogenated alkanes) is 22. The van der Waals surface area contributed by atoms with E-state index >= 15 is 0 Å². The molecular formula is C55H94O6. The zero-order valence-corrected chi connectivity index (χ0v) is 39.9. The summed E-state index contributed by atoms with van der Waals surface area (Å²) in [6, 6.07) is 0. The lowest BCUT2D eigenvalue weighted by Crippen LogP contribution is -2.30. The summed E-state index contributed by atoms with van der Waals surface area (Å²) in [7, 11) is 0. The van der Waals surface area contributed by atoms with Crippen LogP contribution in [0.1, 0.15) is 239 Å². The van der Waals surface area contributed by atoms with E-state index in [1.54, 1.807) is 0 Å². The van der Waals surface area contributed by atoms with Gasteiger partial charge in [0, 0.05) is 19.3 Å². The van der Waals surface area contributed by atoms with E-state index < -0.39 is 6.10 Å². The monoisotopic (exact) mass is 851 g/mol. The average Bonchev–Trinajstić information content (AvgIpc) is 3.26. The first-order valence-electron chi connectivity index (χ1n) is 25.4. The van der Waals surface area contributed by atoms with Gasteiger partial charge in [0.05, 0.1) is 0 Å². The van der Waals surface area contributed by atoms with Gasteiger partial charge in [-0.05, 0) is 83.5 Å². The molecule has 0 aliphatic heterocycles. The Bertz CT molecular complexity index is 1160. The summed E-state index contributed by atoms with van der Waals surface area (Å²) in [4.78, 5) is 37.9. The molecule has 350 valence electrons. The smallest absolute Gasteiger partial charge is 0.306 e. The molecular weight excluding hydrogens is 757 g/mol. The van der Waals surface area contributed by atoms with Gasteiger partial charge in [-0.15, -0.1) is 0 Å². The quantitative estimate of drug-likeness (QED) is 0.0263. The Balaban J connectivity index is 4.47. The second-order valence-electron chi connectivity index (χ2n) is 16.7. The first-order valence-corrected chi connectivity index (χ1v) is 25.4. The van der Waals surface area contributed by atoms with Crippen molar-refractivity contribution in [1.82, 2.24) is 0 Å². The maximum Gasteiger partial charge on any atom is 0.306 e. The minimum absolute atomic E-state index is 0.0978. The summed E-state index contributed by atoms with van der Waals surface area (Å²) in [5, 5.41) is 0. The van der Waals surface area contributed by atoms with Gasteiger partial charge < -0.3 is 14.2 Å². The van der Waals surface area contributed by atoms with E-state index in [0.29, 0.717) is 19.3 Å². The van der Waals surface area contributed by atoms with Crippen LogP contribution in [0.2, 0.25) is 0 Å². The van der Waals surface area contributed by atoms with Crippen molar-refractivity contribution in [2.45, 2.75) is 245 Å². The highest BCUT2D eigenvalue weighted by molar-refractivity contribution is 5.71. The van der Waals surface area contributed by atoms with E-state index in [1.165, 1.54) is 116 Å². The van der Waals surface area contributed by atoms with Gasteiger partial charge in [0.1, 0.15) is 13.2 Å². The van der Waals surface area contributed by atoms with Crippen molar-refractivity contribution >= 4 is 17.9 Å². The molecule has 0 N–H and O–H groups in total. The summed E-state index contributed by atoms with van der Waals surface area (Å²) < 4.78 is 16.7. The Kier molecular flexibility index (Phi) is 46.9. The zero-order chi connectivity index (χ0) is 44.4. The molecule has 0 unspecified atom stereocenters. The molecule has 0 bridgehead atoms. The van der Waals surface area contributed by atoms with Crippen LogP contribution in [0.25, 0.3) is 0 Å². The Hall–Kier alpha value is -3.15. The highest BCUT2D eigenvalue weighted by atomic mass is 16.6. The first kappa shape index (κ1) is 57.9. The Morgan fingerprint density at radius 2 is 0.656 bits per heavy atom. The largest absolute Gasteiger partial charge is 0.462 e. The summed E-state index contributed by atoms with van der Waals surface area (Å²) in [6.07, 6.45) is 61.7. The molecule has 0 rings (SSSR count). The molecule has 0 heterocycles. The number of allylic oxidation sites excluding steroid dienone is 12. The maximum atomic E-state index is 12.8. The predicted molar refractivity (Wildman–Crippen MR) is 261 cm³/mol. The molecule has 0 spiro atoms. The number of hydrogen-bond donors (Lipinski definition) is 0. The molecule has 6 nitrogen and oxygen atoms in total. The van der Waals surface area contributed by atoms with Crippen LogP contribution in [0.5, 0.6) is 0 Å². The van der Waals surface area contributed by atoms with Gasteiger partial charge in [0.15, 0.2) is 6.10 Å². The van der Waals surface area contributed by atoms with Gasteiger partial charge in [-0.25, -0.2) is 0 Å². The van der Waals surface area contributed by atoms with Crippen LogP contribution >= 0.6 is 0 Å². The van der Waals surface area contributed by atoms with Crippen LogP contribution in [0.15, 0.2) is 72.9 Å². The normalized spacial score (nSPS) is 12.6. The zero-order valence-electron chi connectivity index (χ0n) is 39.9. The van der Waals surface area contributed by atoms with Gasteiger partial charge in [-0.3, -0.25) is 14.4 Å². The number of esters is 3. The van der Waals surface area contributed by atoms with E-state index in [4.69, 9.17) is 14.2 Å². The summed E-state index contributed by atoms with van der Waals surface area (Å²) in [5.41, 5.74) is 0. The average molecular weight is 851 g/mol. The Morgan fingerprint density at radius 1 is 0.344 bits per heavy atom. The van der Waals surface area contributed by atoms with Gasteiger partial charge >= 0.3 is 17.9 Å². The van der Waals surface area contributed by atoms with E-state index in [0.717, 1.165) is 77.0 Å². The molecule has 0 aromatic rings. The second-order valence-corrected chi connectivity index (χ2v) is 16.7. The molecule has 0 aromatic carbocycles. The highest BCUT2D eigenvalue weighted by Crippen LogP contribution is 2.14. The number of carbonyl (C=O) groups excluding carboxylic acids is 3. The molecule has 0 aliphatic carbocycles. The van der Waals surface area contributed by atoms with Crippen molar-refractivity contribution in [3.8, 4) is 0 Å². The summed E-state index contributed by atoms with van der Waals surface area (Å²) >= 11 is 0. The van der Waals surface area contributed by atoms with Crippen LogP contribution in [0.3, 0.4) is 0 Å². The fraction of sp³-hybridized carbons (Fsp3) is 0.727. The van der Waals surface area contributed by atoms with Gasteiger partial charge in [-0.2, -0.15) is 0 Å². The molecule has 0 aromatic heterocycles. The molecule has 0 saturated carbocycles. The lowest BCUT2D eigenvalue weighted by Gasteiger charge is -2.18. The van der Waals surface area contributed by atoms with Crippen LogP contribution in [0, 0.1) is 0 Å². The topological polar surface area (TPSA) is 78.9 Å². The van der Waals surface area contributed by atoms with Crippen molar-refractivity contribution in [1.29, 1.82) is 0 Å². The molecule has 0 fully saturated rings. The molecule has 0 aliphatic rings. The SMILES string of the molecule is CC/C=C\C/C=C\C/C=C\C/C=C\C/C=C\CCCC(=O)O[C@H](COC(=O)CCCCCCCCC/C=C\CCCCCC)COC(=O)CCCCCCCCCCCCC. The van der Waals surface area contributed by atoms with E-state index in [-0.39, 0.29) is 37.5 Å². The van der Waals surface area contributed by atoms with Crippen molar-refractivity contribution in [3.05, 3.63) is 72.9 Å². The summed E-state index contributed by atoms with van der Waals surface area (Å²) in [5.74, 6) is -0.961. The van der Waals surface area contributed by atoms with Crippen molar-refractivity contribution in [2.24, 2.45) is 0 Å². The van der Waals surface area contributed by atoms with Crippen molar-refractivity contribution in [3.63, 3.8) is 0 Å². The molecule has 0 saturated heterocycles.